The van der Waals surface area contributed by atoms with Crippen molar-refractivity contribution in [3.8, 4) is 0 Å². The second-order valence-corrected chi connectivity index (χ2v) is 6.48. The van der Waals surface area contributed by atoms with Gasteiger partial charge in [0.15, 0.2) is 6.20 Å². The summed E-state index contributed by atoms with van der Waals surface area (Å²) in [4.78, 5) is 16.8. The molecule has 0 aromatic rings. The van der Waals surface area contributed by atoms with Gasteiger partial charge in [-0.2, -0.15) is 0 Å². The van der Waals surface area contributed by atoms with Gasteiger partial charge < -0.3 is 9.64 Å². The molecule has 1 spiro atoms. The minimum absolute atomic E-state index is 0.201. The van der Waals surface area contributed by atoms with Gasteiger partial charge in [0.2, 0.25) is 0 Å². The molecule has 4 nitrogen and oxygen atoms in total. The molecule has 4 heteroatoms. The van der Waals surface area contributed by atoms with E-state index < -0.39 is 5.60 Å². The first-order valence-electron chi connectivity index (χ1n) is 6.35. The van der Waals surface area contributed by atoms with Gasteiger partial charge in [-0.15, -0.1) is 0 Å². The van der Waals surface area contributed by atoms with E-state index in [0.29, 0.717) is 11.3 Å². The van der Waals surface area contributed by atoms with E-state index in [9.17, 15) is 4.79 Å². The molecule has 0 aromatic carbocycles. The first kappa shape index (κ1) is 12.9. The molecule has 0 unspecified atom stereocenters. The molecule has 1 aliphatic heterocycles. The van der Waals surface area contributed by atoms with Gasteiger partial charge in [-0.1, -0.05) is 6.08 Å². The summed E-state index contributed by atoms with van der Waals surface area (Å²) in [6.45, 7) is 14.0. The fourth-order valence-corrected chi connectivity index (χ4v) is 2.83. The highest BCUT2D eigenvalue weighted by atomic mass is 16.6. The standard InChI is InChI=1S/C14H20N2O2/c1-13(2,3)18-12(17)16-9-14(10-16)7-11(8-14)5-6-15-4/h5-6,11H,7-10H2,1-3H3/b6-5+. The number of rotatable bonds is 1. The third-order valence-corrected chi connectivity index (χ3v) is 3.53. The molecule has 1 saturated heterocycles. The van der Waals surface area contributed by atoms with Crippen LogP contribution in [0.15, 0.2) is 12.3 Å². The minimum Gasteiger partial charge on any atom is -0.444 e. The molecule has 1 aliphatic carbocycles. The summed E-state index contributed by atoms with van der Waals surface area (Å²) in [6, 6.07) is 0. The molecule has 0 radical (unpaired) electrons. The molecular formula is C14H20N2O2. The summed E-state index contributed by atoms with van der Waals surface area (Å²) in [5.41, 5.74) is -0.103. The van der Waals surface area contributed by atoms with Crippen LogP contribution in [0.3, 0.4) is 0 Å². The maximum atomic E-state index is 11.8. The Morgan fingerprint density at radius 3 is 2.56 bits per heavy atom. The van der Waals surface area contributed by atoms with Crippen molar-refractivity contribution in [2.45, 2.75) is 39.2 Å². The van der Waals surface area contributed by atoms with Crippen molar-refractivity contribution in [1.82, 2.24) is 4.90 Å². The lowest BCUT2D eigenvalue weighted by Crippen LogP contribution is -2.64. The van der Waals surface area contributed by atoms with Gasteiger partial charge in [0.05, 0.1) is 6.57 Å². The van der Waals surface area contributed by atoms with Gasteiger partial charge in [0.25, 0.3) is 0 Å². The van der Waals surface area contributed by atoms with Crippen LogP contribution in [0.5, 0.6) is 0 Å². The minimum atomic E-state index is -0.416. The van der Waals surface area contributed by atoms with E-state index in [2.05, 4.69) is 4.85 Å². The van der Waals surface area contributed by atoms with Gasteiger partial charge in [-0.25, -0.2) is 9.64 Å². The molecular weight excluding hydrogens is 228 g/mol. The van der Waals surface area contributed by atoms with E-state index in [4.69, 9.17) is 11.3 Å². The zero-order valence-corrected chi connectivity index (χ0v) is 11.3. The molecule has 98 valence electrons. The van der Waals surface area contributed by atoms with Crippen molar-refractivity contribution in [3.63, 3.8) is 0 Å². The number of carbonyl (C=O) groups is 1. The Labute approximate surface area is 108 Å². The predicted octanol–water partition coefficient (Wildman–Crippen LogP) is 3.07. The van der Waals surface area contributed by atoms with Crippen molar-refractivity contribution in [2.75, 3.05) is 13.1 Å². The van der Waals surface area contributed by atoms with Crippen molar-refractivity contribution in [3.05, 3.63) is 23.7 Å². The Morgan fingerprint density at radius 2 is 2.06 bits per heavy atom. The van der Waals surface area contributed by atoms with Crippen LogP contribution < -0.4 is 0 Å². The summed E-state index contributed by atoms with van der Waals surface area (Å²) >= 11 is 0. The Morgan fingerprint density at radius 1 is 1.44 bits per heavy atom. The third kappa shape index (κ3) is 2.66. The first-order valence-corrected chi connectivity index (χ1v) is 6.35. The summed E-state index contributed by atoms with van der Waals surface area (Å²) in [7, 11) is 0. The van der Waals surface area contributed by atoms with Gasteiger partial charge in [0.1, 0.15) is 5.60 Å². The quantitative estimate of drug-likeness (QED) is 0.668. The smallest absolute Gasteiger partial charge is 0.410 e. The highest BCUT2D eigenvalue weighted by Crippen LogP contribution is 2.52. The summed E-state index contributed by atoms with van der Waals surface area (Å²) in [6.07, 6.45) is 5.51. The molecule has 1 heterocycles. The normalized spacial score (nSPS) is 22.4. The zero-order valence-electron chi connectivity index (χ0n) is 11.3. The van der Waals surface area contributed by atoms with E-state index in [-0.39, 0.29) is 6.09 Å². The lowest BCUT2D eigenvalue weighted by Gasteiger charge is -2.58. The zero-order chi connectivity index (χ0) is 13.4. The SMILES string of the molecule is [C-]#[N+]/C=C/C1CC2(C1)CN(C(=O)OC(C)(C)C)C2. The monoisotopic (exact) mass is 248 g/mol. The third-order valence-electron chi connectivity index (χ3n) is 3.53. The molecule has 2 rings (SSSR count). The van der Waals surface area contributed by atoms with Crippen LogP contribution in [0.1, 0.15) is 33.6 Å². The number of nitrogens with zero attached hydrogens (tertiary/aromatic N) is 2. The van der Waals surface area contributed by atoms with E-state index in [1.54, 1.807) is 11.1 Å². The van der Waals surface area contributed by atoms with Crippen LogP contribution in [-0.4, -0.2) is 29.7 Å². The molecule has 2 fully saturated rings. The molecule has 1 amide bonds. The Kier molecular flexibility index (Phi) is 3.10. The number of hydrogen-bond acceptors (Lipinski definition) is 2. The van der Waals surface area contributed by atoms with Crippen molar-refractivity contribution >= 4 is 6.09 Å². The molecule has 0 N–H and O–H groups in total. The maximum Gasteiger partial charge on any atom is 0.410 e. The van der Waals surface area contributed by atoms with Crippen LogP contribution in [0, 0.1) is 17.9 Å². The lowest BCUT2D eigenvalue weighted by molar-refractivity contribution is -0.0850. The Bertz CT molecular complexity index is 400. The molecule has 0 atom stereocenters. The number of amides is 1. The van der Waals surface area contributed by atoms with Crippen molar-refractivity contribution in [2.24, 2.45) is 11.3 Å². The molecule has 2 aliphatic rings. The fourth-order valence-electron chi connectivity index (χ4n) is 2.83. The van der Waals surface area contributed by atoms with Crippen LogP contribution in [0.25, 0.3) is 4.85 Å². The average molecular weight is 248 g/mol. The largest absolute Gasteiger partial charge is 0.444 e. The van der Waals surface area contributed by atoms with Crippen LogP contribution >= 0.6 is 0 Å². The Balaban J connectivity index is 1.74. The highest BCUT2D eigenvalue weighted by molar-refractivity contribution is 5.69. The Hall–Kier alpha value is -1.50. The molecule has 0 bridgehead atoms. The van der Waals surface area contributed by atoms with Crippen LogP contribution in [0.2, 0.25) is 0 Å². The van der Waals surface area contributed by atoms with Gasteiger partial charge in [0, 0.05) is 18.5 Å². The molecule has 0 aromatic heterocycles. The van der Waals surface area contributed by atoms with Gasteiger partial charge >= 0.3 is 6.09 Å². The summed E-state index contributed by atoms with van der Waals surface area (Å²) in [5, 5.41) is 0. The molecule has 18 heavy (non-hydrogen) atoms. The first-order chi connectivity index (χ1) is 8.34. The number of likely N-dealkylation sites (tertiary alicyclic amines) is 1. The average Bonchev–Trinajstić information content (AvgIpc) is 2.09. The van der Waals surface area contributed by atoms with E-state index in [1.165, 1.54) is 0 Å². The van der Waals surface area contributed by atoms with Crippen molar-refractivity contribution in [1.29, 1.82) is 0 Å². The van der Waals surface area contributed by atoms with Crippen LogP contribution in [-0.2, 0) is 4.74 Å². The number of hydrogen-bond donors (Lipinski definition) is 0. The van der Waals surface area contributed by atoms with Crippen LogP contribution in [0.4, 0.5) is 4.79 Å². The number of carbonyl (C=O) groups excluding carboxylic acids is 1. The topological polar surface area (TPSA) is 33.9 Å². The summed E-state index contributed by atoms with van der Waals surface area (Å²) in [5.74, 6) is 0.528. The predicted molar refractivity (Wildman–Crippen MR) is 68.7 cm³/mol. The number of allylic oxidation sites excluding steroid dienone is 1. The second-order valence-electron chi connectivity index (χ2n) is 6.48. The second kappa shape index (κ2) is 4.31. The van der Waals surface area contributed by atoms with Crippen molar-refractivity contribution < 1.29 is 9.53 Å². The van der Waals surface area contributed by atoms with E-state index in [1.807, 2.05) is 26.8 Å². The maximum absolute atomic E-state index is 11.8. The molecule has 1 saturated carbocycles. The fraction of sp³-hybridized carbons (Fsp3) is 0.714. The van der Waals surface area contributed by atoms with Gasteiger partial charge in [-0.05, 0) is 39.5 Å². The number of ether oxygens (including phenoxy) is 1. The van der Waals surface area contributed by atoms with E-state index >= 15 is 0 Å². The highest BCUT2D eigenvalue weighted by Gasteiger charge is 2.53. The summed E-state index contributed by atoms with van der Waals surface area (Å²) < 4.78 is 5.33. The van der Waals surface area contributed by atoms with E-state index in [0.717, 1.165) is 25.9 Å². The van der Waals surface area contributed by atoms with Gasteiger partial charge in [-0.3, -0.25) is 0 Å². The lowest BCUT2D eigenvalue weighted by atomic mass is 9.58.